The molecule has 1 saturated heterocycles. The van der Waals surface area contributed by atoms with Gasteiger partial charge in [0.2, 0.25) is 0 Å². The van der Waals surface area contributed by atoms with Crippen LogP contribution in [0.1, 0.15) is 29.7 Å². The third kappa shape index (κ3) is 3.00. The third-order valence-electron chi connectivity index (χ3n) is 3.47. The minimum Gasteiger partial charge on any atom is -0.496 e. The van der Waals surface area contributed by atoms with Crippen LogP contribution in [0.25, 0.3) is 0 Å². The Morgan fingerprint density at radius 3 is 2.94 bits per heavy atom. The zero-order valence-corrected chi connectivity index (χ0v) is 11.5. The molecule has 1 aliphatic rings. The van der Waals surface area contributed by atoms with Gasteiger partial charge in [-0.25, -0.2) is 0 Å². The van der Waals surface area contributed by atoms with Gasteiger partial charge in [0.05, 0.1) is 26.0 Å². The van der Waals surface area contributed by atoms with E-state index in [0.29, 0.717) is 12.6 Å². The molecule has 1 aromatic heterocycles. The second kappa shape index (κ2) is 6.16. The van der Waals surface area contributed by atoms with E-state index < -0.39 is 0 Å². The summed E-state index contributed by atoms with van der Waals surface area (Å²) < 4.78 is 11.1. The normalized spacial score (nSPS) is 19.2. The Hall–Kier alpha value is -1.13. The highest BCUT2D eigenvalue weighted by Crippen LogP contribution is 2.24. The summed E-state index contributed by atoms with van der Waals surface area (Å²) in [5, 5.41) is 3.42. The first-order valence-electron chi connectivity index (χ1n) is 6.52. The molecule has 0 bridgehead atoms. The molecule has 1 N–H and O–H groups in total. The van der Waals surface area contributed by atoms with Crippen LogP contribution < -0.4 is 10.1 Å². The Kier molecular flexibility index (Phi) is 4.55. The standard InChI is InChI=1S/C14H22N2O2/c1-10-7-16-13(11(2)14(10)17-3)9-18-8-12-5-4-6-15-12/h7,12,15H,4-6,8-9H2,1-3H3. The van der Waals surface area contributed by atoms with Gasteiger partial charge in [-0.3, -0.25) is 4.98 Å². The van der Waals surface area contributed by atoms with E-state index in [-0.39, 0.29) is 0 Å². The molecule has 1 aromatic rings. The number of rotatable bonds is 5. The van der Waals surface area contributed by atoms with Crippen molar-refractivity contribution in [3.05, 3.63) is 23.0 Å². The molecule has 0 aliphatic carbocycles. The molecule has 4 heteroatoms. The van der Waals surface area contributed by atoms with Crippen molar-refractivity contribution in [2.45, 2.75) is 39.3 Å². The molecule has 0 saturated carbocycles. The van der Waals surface area contributed by atoms with Gasteiger partial charge in [0, 0.05) is 23.4 Å². The Balaban J connectivity index is 1.92. The molecular weight excluding hydrogens is 228 g/mol. The van der Waals surface area contributed by atoms with Gasteiger partial charge < -0.3 is 14.8 Å². The van der Waals surface area contributed by atoms with Gasteiger partial charge in [-0.15, -0.1) is 0 Å². The largest absolute Gasteiger partial charge is 0.496 e. The van der Waals surface area contributed by atoms with E-state index in [9.17, 15) is 0 Å². The lowest BCUT2D eigenvalue weighted by Crippen LogP contribution is -2.26. The highest BCUT2D eigenvalue weighted by atomic mass is 16.5. The van der Waals surface area contributed by atoms with Crippen molar-refractivity contribution in [2.75, 3.05) is 20.3 Å². The van der Waals surface area contributed by atoms with Crippen molar-refractivity contribution in [1.29, 1.82) is 0 Å². The maximum absolute atomic E-state index is 5.74. The van der Waals surface area contributed by atoms with Crippen molar-refractivity contribution in [3.8, 4) is 5.75 Å². The van der Waals surface area contributed by atoms with E-state index in [4.69, 9.17) is 9.47 Å². The molecule has 0 spiro atoms. The van der Waals surface area contributed by atoms with Crippen LogP contribution in [-0.4, -0.2) is 31.3 Å². The summed E-state index contributed by atoms with van der Waals surface area (Å²) in [6.45, 7) is 6.47. The number of methoxy groups -OCH3 is 1. The highest BCUT2D eigenvalue weighted by Gasteiger charge is 2.15. The maximum atomic E-state index is 5.74. The summed E-state index contributed by atoms with van der Waals surface area (Å²) in [5.74, 6) is 0.919. The fourth-order valence-corrected chi connectivity index (χ4v) is 2.41. The smallest absolute Gasteiger partial charge is 0.128 e. The van der Waals surface area contributed by atoms with Crippen molar-refractivity contribution >= 4 is 0 Å². The third-order valence-corrected chi connectivity index (χ3v) is 3.47. The van der Waals surface area contributed by atoms with E-state index in [1.54, 1.807) is 7.11 Å². The fourth-order valence-electron chi connectivity index (χ4n) is 2.41. The summed E-state index contributed by atoms with van der Waals surface area (Å²) in [5.41, 5.74) is 3.11. The maximum Gasteiger partial charge on any atom is 0.128 e. The summed E-state index contributed by atoms with van der Waals surface area (Å²) in [6, 6.07) is 0.512. The van der Waals surface area contributed by atoms with Crippen LogP contribution in [0, 0.1) is 13.8 Å². The Bertz CT molecular complexity index is 401. The Morgan fingerprint density at radius 2 is 2.28 bits per heavy atom. The van der Waals surface area contributed by atoms with Gasteiger partial charge in [-0.2, -0.15) is 0 Å². The molecule has 1 fully saturated rings. The molecule has 2 heterocycles. The average Bonchev–Trinajstić information content (AvgIpc) is 2.86. The summed E-state index contributed by atoms with van der Waals surface area (Å²) in [4.78, 5) is 4.43. The molecular formula is C14H22N2O2. The topological polar surface area (TPSA) is 43.4 Å². The second-order valence-corrected chi connectivity index (χ2v) is 4.85. The van der Waals surface area contributed by atoms with Crippen molar-refractivity contribution in [1.82, 2.24) is 10.3 Å². The van der Waals surface area contributed by atoms with Crippen molar-refractivity contribution in [2.24, 2.45) is 0 Å². The highest BCUT2D eigenvalue weighted by molar-refractivity contribution is 5.40. The first kappa shape index (κ1) is 13.3. The van der Waals surface area contributed by atoms with Gasteiger partial charge in [0.25, 0.3) is 0 Å². The molecule has 4 nitrogen and oxygen atoms in total. The monoisotopic (exact) mass is 250 g/mol. The second-order valence-electron chi connectivity index (χ2n) is 4.85. The van der Waals surface area contributed by atoms with E-state index in [1.165, 1.54) is 12.8 Å². The molecule has 1 unspecified atom stereocenters. The SMILES string of the molecule is COc1c(C)cnc(COCC2CCCN2)c1C. The van der Waals surface area contributed by atoms with Gasteiger partial charge in [0.1, 0.15) is 5.75 Å². The van der Waals surface area contributed by atoms with Crippen LogP contribution in [0.2, 0.25) is 0 Å². The zero-order valence-electron chi connectivity index (χ0n) is 11.5. The summed E-state index contributed by atoms with van der Waals surface area (Å²) in [7, 11) is 1.70. The van der Waals surface area contributed by atoms with Crippen molar-refractivity contribution < 1.29 is 9.47 Å². The van der Waals surface area contributed by atoms with Crippen LogP contribution in [0.3, 0.4) is 0 Å². The fraction of sp³-hybridized carbons (Fsp3) is 0.643. The predicted molar refractivity (Wildman–Crippen MR) is 70.9 cm³/mol. The molecule has 18 heavy (non-hydrogen) atoms. The number of aromatic nitrogens is 1. The summed E-state index contributed by atoms with van der Waals surface area (Å²) in [6.07, 6.45) is 4.31. The number of hydrogen-bond donors (Lipinski definition) is 1. The number of nitrogens with zero attached hydrogens (tertiary/aromatic N) is 1. The molecule has 100 valence electrons. The molecule has 1 atom stereocenters. The lowest BCUT2D eigenvalue weighted by molar-refractivity contribution is 0.100. The van der Waals surface area contributed by atoms with Gasteiger partial charge in [-0.1, -0.05) is 0 Å². The minimum atomic E-state index is 0.512. The molecule has 1 aliphatic heterocycles. The average molecular weight is 250 g/mol. The number of nitrogens with one attached hydrogen (secondary N) is 1. The van der Waals surface area contributed by atoms with Crippen LogP contribution in [-0.2, 0) is 11.3 Å². The van der Waals surface area contributed by atoms with E-state index >= 15 is 0 Å². The van der Waals surface area contributed by atoms with E-state index in [0.717, 1.165) is 35.7 Å². The number of aryl methyl sites for hydroxylation is 1. The molecule has 0 amide bonds. The van der Waals surface area contributed by atoms with Crippen LogP contribution in [0.4, 0.5) is 0 Å². The molecule has 0 aromatic carbocycles. The lowest BCUT2D eigenvalue weighted by Gasteiger charge is -2.14. The first-order chi connectivity index (χ1) is 8.72. The quantitative estimate of drug-likeness (QED) is 0.867. The van der Waals surface area contributed by atoms with E-state index in [2.05, 4.69) is 10.3 Å². The van der Waals surface area contributed by atoms with E-state index in [1.807, 2.05) is 20.0 Å². The van der Waals surface area contributed by atoms with Gasteiger partial charge in [0.15, 0.2) is 0 Å². The number of pyridine rings is 1. The summed E-state index contributed by atoms with van der Waals surface area (Å²) >= 11 is 0. The zero-order chi connectivity index (χ0) is 13.0. The predicted octanol–water partition coefficient (Wildman–Crippen LogP) is 1.98. The van der Waals surface area contributed by atoms with Gasteiger partial charge in [-0.05, 0) is 33.2 Å². The number of ether oxygens (including phenoxy) is 2. The number of hydrogen-bond acceptors (Lipinski definition) is 4. The minimum absolute atomic E-state index is 0.512. The van der Waals surface area contributed by atoms with Crippen LogP contribution >= 0.6 is 0 Å². The van der Waals surface area contributed by atoms with Crippen LogP contribution in [0.15, 0.2) is 6.20 Å². The van der Waals surface area contributed by atoms with Crippen molar-refractivity contribution in [3.63, 3.8) is 0 Å². The molecule has 0 radical (unpaired) electrons. The lowest BCUT2D eigenvalue weighted by atomic mass is 10.1. The Morgan fingerprint density at radius 1 is 1.44 bits per heavy atom. The molecule has 2 rings (SSSR count). The van der Waals surface area contributed by atoms with Gasteiger partial charge >= 0.3 is 0 Å². The van der Waals surface area contributed by atoms with Crippen LogP contribution in [0.5, 0.6) is 5.75 Å². The Labute approximate surface area is 109 Å². The first-order valence-corrected chi connectivity index (χ1v) is 6.52.